The second kappa shape index (κ2) is 20.0. The monoisotopic (exact) mass is 730 g/mol. The number of benzene rings is 3. The van der Waals surface area contributed by atoms with Gasteiger partial charge >= 0.3 is 30.2 Å². The molecule has 13 heteroatoms. The maximum Gasteiger partial charge on any atom is 0.407 e. The zero-order valence-electron chi connectivity index (χ0n) is 30.6. The smallest absolute Gasteiger partial charge is 0.407 e. The van der Waals surface area contributed by atoms with E-state index in [1.54, 1.807) is 20.8 Å². The molecule has 0 saturated heterocycles. The number of unbranched alkanes of at least 4 members (excludes halogenated alkanes) is 2. The lowest BCUT2D eigenvalue weighted by atomic mass is 9.98. The van der Waals surface area contributed by atoms with E-state index in [9.17, 15) is 24.0 Å². The van der Waals surface area contributed by atoms with E-state index in [1.165, 1.54) is 0 Å². The Kier molecular flexibility index (Phi) is 15.2. The number of nitrogens with two attached hydrogens (primary N) is 1. The second-order valence-corrected chi connectivity index (χ2v) is 13.8. The van der Waals surface area contributed by atoms with E-state index < -0.39 is 47.9 Å². The molecular weight excluding hydrogens is 680 g/mol. The van der Waals surface area contributed by atoms with Crippen LogP contribution in [0.3, 0.4) is 0 Å². The number of hydrogen-bond acceptors (Lipinski definition) is 10. The van der Waals surface area contributed by atoms with Gasteiger partial charge in [-0.1, -0.05) is 78.9 Å². The van der Waals surface area contributed by atoms with Crippen LogP contribution in [0.1, 0.15) is 81.9 Å². The van der Waals surface area contributed by atoms with Gasteiger partial charge in [0.2, 0.25) is 0 Å². The molecule has 0 heterocycles. The van der Waals surface area contributed by atoms with Crippen LogP contribution in [0.15, 0.2) is 78.9 Å². The molecule has 4 rings (SSSR count). The lowest BCUT2D eigenvalue weighted by Crippen LogP contribution is -2.45. The highest BCUT2D eigenvalue weighted by Crippen LogP contribution is 2.44. The molecule has 2 atom stereocenters. The minimum Gasteiger partial charge on any atom is -0.449 e. The van der Waals surface area contributed by atoms with Gasteiger partial charge in [-0.25, -0.2) is 24.0 Å². The zero-order chi connectivity index (χ0) is 38.2. The summed E-state index contributed by atoms with van der Waals surface area (Å²) in [7, 11) is 0. The van der Waals surface area contributed by atoms with E-state index in [1.807, 2.05) is 78.9 Å². The van der Waals surface area contributed by atoms with Crippen molar-refractivity contribution in [3.8, 4) is 11.1 Å². The summed E-state index contributed by atoms with van der Waals surface area (Å²) in [6.45, 7) is 6.04. The van der Waals surface area contributed by atoms with E-state index in [4.69, 9.17) is 24.7 Å². The molecule has 0 aromatic heterocycles. The molecule has 0 bridgehead atoms. The van der Waals surface area contributed by atoms with E-state index in [0.717, 1.165) is 27.8 Å². The van der Waals surface area contributed by atoms with Gasteiger partial charge in [-0.05, 0) is 87.1 Å². The van der Waals surface area contributed by atoms with Gasteiger partial charge in [0.1, 0.15) is 30.9 Å². The maximum absolute atomic E-state index is 13.2. The van der Waals surface area contributed by atoms with Crippen LogP contribution in [0, 0.1) is 0 Å². The van der Waals surface area contributed by atoms with Crippen molar-refractivity contribution in [2.45, 2.75) is 89.5 Å². The molecule has 0 saturated carbocycles. The number of esters is 2. The quantitative estimate of drug-likeness (QED) is 0.0549. The van der Waals surface area contributed by atoms with Crippen LogP contribution in [-0.4, -0.2) is 67.6 Å². The molecule has 13 nitrogen and oxygen atoms in total. The molecular formula is C40H50N4O9. The molecule has 1 aliphatic rings. The predicted molar refractivity (Wildman–Crippen MR) is 198 cm³/mol. The number of fused-ring (bicyclic) bond motifs is 3. The van der Waals surface area contributed by atoms with Crippen molar-refractivity contribution in [2.24, 2.45) is 5.73 Å². The van der Waals surface area contributed by atoms with Crippen molar-refractivity contribution < 1.29 is 42.9 Å². The molecule has 3 aromatic carbocycles. The van der Waals surface area contributed by atoms with Gasteiger partial charge in [0.05, 0.1) is 0 Å². The fourth-order valence-electron chi connectivity index (χ4n) is 5.83. The summed E-state index contributed by atoms with van der Waals surface area (Å²) in [5.41, 5.74) is 10.5. The van der Waals surface area contributed by atoms with Crippen molar-refractivity contribution in [3.63, 3.8) is 0 Å². The van der Waals surface area contributed by atoms with Crippen LogP contribution in [0.4, 0.5) is 14.4 Å². The van der Waals surface area contributed by atoms with Crippen LogP contribution in [0.25, 0.3) is 11.1 Å². The normalized spacial score (nSPS) is 13.1. The van der Waals surface area contributed by atoms with Gasteiger partial charge in [-0.15, -0.1) is 0 Å². The Morgan fingerprint density at radius 3 is 1.87 bits per heavy atom. The summed E-state index contributed by atoms with van der Waals surface area (Å²) in [5, 5.41) is 7.87. The van der Waals surface area contributed by atoms with Crippen molar-refractivity contribution in [3.05, 3.63) is 95.6 Å². The van der Waals surface area contributed by atoms with Crippen molar-refractivity contribution in [1.29, 1.82) is 0 Å². The molecule has 0 radical (unpaired) electrons. The lowest BCUT2D eigenvalue weighted by Gasteiger charge is -2.20. The third kappa shape index (κ3) is 13.2. The Morgan fingerprint density at radius 1 is 0.679 bits per heavy atom. The molecule has 1 aliphatic carbocycles. The minimum absolute atomic E-state index is 0.0326. The summed E-state index contributed by atoms with van der Waals surface area (Å²) >= 11 is 0. The summed E-state index contributed by atoms with van der Waals surface area (Å²) < 4.78 is 21.2. The summed E-state index contributed by atoms with van der Waals surface area (Å²) in [6, 6.07) is 22.8. The first-order chi connectivity index (χ1) is 25.4. The van der Waals surface area contributed by atoms with Crippen molar-refractivity contribution in [1.82, 2.24) is 16.0 Å². The van der Waals surface area contributed by atoms with E-state index in [0.29, 0.717) is 32.2 Å². The number of carbonyl (C=O) groups excluding carboxylic acids is 5. The average Bonchev–Trinajstić information content (AvgIpc) is 3.45. The first-order valence-electron chi connectivity index (χ1n) is 18.0. The molecule has 0 aliphatic heterocycles. The van der Waals surface area contributed by atoms with Crippen LogP contribution in [-0.2, 0) is 35.1 Å². The van der Waals surface area contributed by atoms with Gasteiger partial charge in [0, 0.05) is 19.0 Å². The lowest BCUT2D eigenvalue weighted by molar-refractivity contribution is -0.162. The first kappa shape index (κ1) is 40.3. The Morgan fingerprint density at radius 2 is 1.25 bits per heavy atom. The standard InChI is InChI=1S/C40H50N4O9/c1-40(2,3)53-38(48)43-24-14-12-22-34(44-39(49)51-26-32-30-19-9-7-17-28(30)29-18-8-10-20-31(29)32)36(46)52-35(45)33(41)21-11-13-23-42-37(47)50-25-27-15-5-4-6-16-27/h4-10,15-20,32-34H,11-14,21-26,41H2,1-3H3,(H,42,47)(H,43,48)(H,44,49)/t33-,34-/m0/s1. The van der Waals surface area contributed by atoms with Gasteiger partial charge in [0.15, 0.2) is 0 Å². The molecule has 5 N–H and O–H groups in total. The number of ether oxygens (including phenoxy) is 4. The van der Waals surface area contributed by atoms with Crippen LogP contribution >= 0.6 is 0 Å². The highest BCUT2D eigenvalue weighted by atomic mass is 16.6. The minimum atomic E-state index is -1.21. The zero-order valence-corrected chi connectivity index (χ0v) is 30.6. The number of nitrogens with one attached hydrogen (secondary N) is 3. The second-order valence-electron chi connectivity index (χ2n) is 13.8. The summed E-state index contributed by atoms with van der Waals surface area (Å²) in [5.74, 6) is -2.09. The molecule has 0 spiro atoms. The molecule has 53 heavy (non-hydrogen) atoms. The number of rotatable bonds is 17. The van der Waals surface area contributed by atoms with Crippen molar-refractivity contribution >= 4 is 30.2 Å². The fourth-order valence-corrected chi connectivity index (χ4v) is 5.83. The third-order valence-electron chi connectivity index (χ3n) is 8.44. The van der Waals surface area contributed by atoms with Crippen LogP contribution in [0.5, 0.6) is 0 Å². The van der Waals surface area contributed by atoms with Crippen LogP contribution in [0.2, 0.25) is 0 Å². The Hall–Kier alpha value is -5.43. The number of amides is 3. The summed E-state index contributed by atoms with van der Waals surface area (Å²) in [4.78, 5) is 63.0. The largest absolute Gasteiger partial charge is 0.449 e. The van der Waals surface area contributed by atoms with Gasteiger partial charge in [-0.3, -0.25) is 0 Å². The van der Waals surface area contributed by atoms with Gasteiger partial charge < -0.3 is 40.6 Å². The highest BCUT2D eigenvalue weighted by molar-refractivity contribution is 5.92. The van der Waals surface area contributed by atoms with Gasteiger partial charge in [0.25, 0.3) is 0 Å². The number of alkyl carbamates (subject to hydrolysis) is 3. The Bertz CT molecular complexity index is 1650. The predicted octanol–water partition coefficient (Wildman–Crippen LogP) is 6.08. The molecule has 284 valence electrons. The first-order valence-corrected chi connectivity index (χ1v) is 18.0. The Balaban J connectivity index is 1.25. The maximum atomic E-state index is 13.2. The molecule has 0 fully saturated rings. The molecule has 3 amide bonds. The van der Waals surface area contributed by atoms with Crippen molar-refractivity contribution in [2.75, 3.05) is 19.7 Å². The van der Waals surface area contributed by atoms with Gasteiger partial charge in [-0.2, -0.15) is 0 Å². The third-order valence-corrected chi connectivity index (χ3v) is 8.44. The Labute approximate surface area is 310 Å². The fraction of sp³-hybridized carbons (Fsp3) is 0.425. The van der Waals surface area contributed by atoms with E-state index >= 15 is 0 Å². The summed E-state index contributed by atoms with van der Waals surface area (Å²) in [6.07, 6.45) is 0.168. The average molecular weight is 731 g/mol. The topological polar surface area (TPSA) is 184 Å². The van der Waals surface area contributed by atoms with Crippen LogP contribution < -0.4 is 21.7 Å². The number of carbonyl (C=O) groups is 5. The van der Waals surface area contributed by atoms with E-state index in [-0.39, 0.29) is 38.5 Å². The molecule has 3 aromatic rings. The SMILES string of the molecule is CC(C)(C)OC(=O)NCCCC[C@H](NC(=O)OCC1c2ccccc2-c2ccccc21)C(=O)OC(=O)[C@@H](N)CCCCNC(=O)OCc1ccccc1. The highest BCUT2D eigenvalue weighted by Gasteiger charge is 2.31. The number of hydrogen-bond donors (Lipinski definition) is 4. The molecule has 0 unspecified atom stereocenters. The van der Waals surface area contributed by atoms with E-state index in [2.05, 4.69) is 16.0 Å².